The summed E-state index contributed by atoms with van der Waals surface area (Å²) in [4.78, 5) is 25.8. The van der Waals surface area contributed by atoms with Gasteiger partial charge in [0.25, 0.3) is 0 Å². The van der Waals surface area contributed by atoms with Gasteiger partial charge in [0, 0.05) is 23.5 Å². The number of aryl methyl sites for hydroxylation is 1. The summed E-state index contributed by atoms with van der Waals surface area (Å²) in [7, 11) is 0. The Morgan fingerprint density at radius 2 is 2.20 bits per heavy atom. The standard InChI is InChI=1S/C21H21N7O2/c1-12-3-2-4-15(7-12)24-17-9-18(22-10-13-5-6-13)28-19(26-17)14(11-23-28)8-16-20(29)27-21(30)25-16/h2-4,7-9,11,13,24,29H,5-6,10H2,1H3,(H2,25,27,30)/b14-8+,22-18?. The van der Waals surface area contributed by atoms with Crippen LogP contribution in [0.5, 0.6) is 5.88 Å². The fourth-order valence-electron chi connectivity index (χ4n) is 3.28. The zero-order valence-corrected chi connectivity index (χ0v) is 16.4. The molecule has 1 aliphatic carbocycles. The van der Waals surface area contributed by atoms with E-state index < -0.39 is 5.69 Å². The summed E-state index contributed by atoms with van der Waals surface area (Å²) >= 11 is 0. The number of hydrogen-bond donors (Lipinski definition) is 4. The Morgan fingerprint density at radius 1 is 1.33 bits per heavy atom. The van der Waals surface area contributed by atoms with Crippen molar-refractivity contribution >= 4 is 23.2 Å². The number of aromatic hydroxyl groups is 1. The van der Waals surface area contributed by atoms with Crippen LogP contribution in [0.4, 0.5) is 11.5 Å². The number of rotatable bonds is 5. The van der Waals surface area contributed by atoms with Crippen LogP contribution in [0.15, 0.2) is 46.3 Å². The third-order valence-electron chi connectivity index (χ3n) is 5.01. The monoisotopic (exact) mass is 403 g/mol. The second-order valence-corrected chi connectivity index (χ2v) is 7.60. The number of aromatic nitrogens is 5. The fraction of sp³-hybridized carbons (Fsp3) is 0.238. The average molecular weight is 403 g/mol. The van der Waals surface area contributed by atoms with Gasteiger partial charge in [0.05, 0.1) is 6.20 Å². The molecule has 0 radical (unpaired) electrons. The number of nitrogens with zero attached hydrogens (tertiary/aromatic N) is 4. The zero-order valence-electron chi connectivity index (χ0n) is 16.4. The maximum absolute atomic E-state index is 11.4. The summed E-state index contributed by atoms with van der Waals surface area (Å²) in [5.74, 6) is 1.06. The van der Waals surface area contributed by atoms with Gasteiger partial charge >= 0.3 is 5.69 Å². The third-order valence-corrected chi connectivity index (χ3v) is 5.01. The number of hydrogen-bond acceptors (Lipinski definition) is 6. The lowest BCUT2D eigenvalue weighted by molar-refractivity contribution is 0.454. The van der Waals surface area contributed by atoms with E-state index in [0.717, 1.165) is 17.8 Å². The summed E-state index contributed by atoms with van der Waals surface area (Å²) in [6.07, 6.45) is 5.69. The Morgan fingerprint density at radius 3 is 2.93 bits per heavy atom. The molecule has 9 nitrogen and oxygen atoms in total. The molecule has 1 aliphatic rings. The van der Waals surface area contributed by atoms with E-state index in [1.165, 1.54) is 12.8 Å². The van der Waals surface area contributed by atoms with Gasteiger partial charge in [-0.2, -0.15) is 9.61 Å². The molecule has 0 bridgehead atoms. The van der Waals surface area contributed by atoms with Crippen LogP contribution >= 0.6 is 0 Å². The number of fused-ring (bicyclic) bond motifs is 1. The molecule has 1 aromatic carbocycles. The molecule has 0 spiro atoms. The van der Waals surface area contributed by atoms with Gasteiger partial charge in [-0.15, -0.1) is 0 Å². The molecule has 3 heterocycles. The average Bonchev–Trinajstić information content (AvgIpc) is 3.37. The van der Waals surface area contributed by atoms with Crippen molar-refractivity contribution in [3.05, 3.63) is 69.0 Å². The predicted molar refractivity (Wildman–Crippen MR) is 112 cm³/mol. The summed E-state index contributed by atoms with van der Waals surface area (Å²) < 4.78 is 1.68. The van der Waals surface area contributed by atoms with Crippen LogP contribution in [0.25, 0.3) is 11.7 Å². The Bertz CT molecular complexity index is 1410. The van der Waals surface area contributed by atoms with Crippen molar-refractivity contribution < 1.29 is 5.11 Å². The minimum absolute atomic E-state index is 0.230. The quantitative estimate of drug-likeness (QED) is 0.401. The highest BCUT2D eigenvalue weighted by Gasteiger charge is 2.20. The lowest BCUT2D eigenvalue weighted by Gasteiger charge is -2.07. The minimum atomic E-state index is -0.481. The maximum atomic E-state index is 11.4. The van der Waals surface area contributed by atoms with Crippen molar-refractivity contribution in [2.75, 3.05) is 11.9 Å². The lowest BCUT2D eigenvalue weighted by Crippen LogP contribution is -2.20. The van der Waals surface area contributed by atoms with Crippen LogP contribution in [0.3, 0.4) is 0 Å². The summed E-state index contributed by atoms with van der Waals surface area (Å²) in [5, 5.41) is 18.3. The van der Waals surface area contributed by atoms with Crippen molar-refractivity contribution in [2.45, 2.75) is 19.8 Å². The van der Waals surface area contributed by atoms with E-state index in [0.29, 0.717) is 28.1 Å². The van der Waals surface area contributed by atoms with Crippen LogP contribution in [0.2, 0.25) is 0 Å². The van der Waals surface area contributed by atoms with Crippen molar-refractivity contribution in [3.63, 3.8) is 0 Å². The largest absolute Gasteiger partial charge is 0.493 e. The number of benzene rings is 1. The Balaban J connectivity index is 1.66. The first kappa shape index (κ1) is 18.2. The van der Waals surface area contributed by atoms with E-state index in [2.05, 4.69) is 20.4 Å². The first-order chi connectivity index (χ1) is 14.5. The maximum Gasteiger partial charge on any atom is 0.326 e. The number of anilines is 2. The van der Waals surface area contributed by atoms with Gasteiger partial charge in [0.15, 0.2) is 11.1 Å². The number of imidazole rings is 1. The van der Waals surface area contributed by atoms with Crippen molar-refractivity contribution in [1.82, 2.24) is 24.6 Å². The molecule has 30 heavy (non-hydrogen) atoms. The van der Waals surface area contributed by atoms with Crippen LogP contribution < -0.4 is 21.7 Å². The normalized spacial score (nSPS) is 15.2. The smallest absolute Gasteiger partial charge is 0.326 e. The Kier molecular flexibility index (Phi) is 4.35. The first-order valence-electron chi connectivity index (χ1n) is 9.81. The molecule has 9 heteroatoms. The zero-order chi connectivity index (χ0) is 20.7. The van der Waals surface area contributed by atoms with E-state index in [4.69, 9.17) is 9.98 Å². The molecule has 4 N–H and O–H groups in total. The van der Waals surface area contributed by atoms with Crippen LogP contribution in [0, 0.1) is 12.8 Å². The van der Waals surface area contributed by atoms with Crippen LogP contribution in [-0.4, -0.2) is 36.2 Å². The molecule has 0 amide bonds. The number of H-pyrrole nitrogens is 2. The second-order valence-electron chi connectivity index (χ2n) is 7.60. The fourth-order valence-corrected chi connectivity index (χ4v) is 3.28. The topological polar surface area (TPSA) is 123 Å². The highest BCUT2D eigenvalue weighted by Crippen LogP contribution is 2.28. The Hall–Kier alpha value is -3.88. The summed E-state index contributed by atoms with van der Waals surface area (Å²) in [5.41, 5.74) is 3.13. The van der Waals surface area contributed by atoms with E-state index >= 15 is 0 Å². The molecular weight excluding hydrogens is 382 g/mol. The van der Waals surface area contributed by atoms with Crippen LogP contribution in [0.1, 0.15) is 24.1 Å². The third kappa shape index (κ3) is 3.69. The van der Waals surface area contributed by atoms with Crippen molar-refractivity contribution in [1.29, 1.82) is 0 Å². The van der Waals surface area contributed by atoms with Gasteiger partial charge in [-0.3, -0.25) is 9.98 Å². The SMILES string of the molecule is Cc1cccc(Nc2cc(=NCC3CC3)n3nc/c(=C\c4[nH]c(=O)[nH]c4O)c3n2)c1. The molecule has 4 aromatic rings. The highest BCUT2D eigenvalue weighted by atomic mass is 16.3. The Labute approximate surface area is 170 Å². The second kappa shape index (κ2) is 7.18. The number of nitrogens with one attached hydrogen (secondary N) is 3. The molecule has 3 aromatic heterocycles. The van der Waals surface area contributed by atoms with E-state index in [9.17, 15) is 9.90 Å². The highest BCUT2D eigenvalue weighted by molar-refractivity contribution is 5.61. The molecular formula is C21H21N7O2. The molecule has 1 fully saturated rings. The van der Waals surface area contributed by atoms with Gasteiger partial charge in [-0.1, -0.05) is 12.1 Å². The van der Waals surface area contributed by atoms with Crippen molar-refractivity contribution in [3.8, 4) is 5.88 Å². The van der Waals surface area contributed by atoms with E-state index in [1.807, 2.05) is 37.3 Å². The lowest BCUT2D eigenvalue weighted by atomic mass is 10.2. The van der Waals surface area contributed by atoms with E-state index in [1.54, 1.807) is 16.8 Å². The predicted octanol–water partition coefficient (Wildman–Crippen LogP) is 1.36. The van der Waals surface area contributed by atoms with Crippen molar-refractivity contribution in [2.24, 2.45) is 10.9 Å². The van der Waals surface area contributed by atoms with Gasteiger partial charge < -0.3 is 15.4 Å². The van der Waals surface area contributed by atoms with Crippen LogP contribution in [-0.2, 0) is 0 Å². The molecule has 5 rings (SSSR count). The molecule has 1 saturated carbocycles. The van der Waals surface area contributed by atoms with E-state index in [-0.39, 0.29) is 11.6 Å². The van der Waals surface area contributed by atoms with Gasteiger partial charge in [-0.05, 0) is 49.5 Å². The molecule has 152 valence electrons. The molecule has 0 atom stereocenters. The summed E-state index contributed by atoms with van der Waals surface area (Å²) in [6, 6.07) is 9.92. The molecule has 0 unspecified atom stereocenters. The number of aromatic amines is 2. The van der Waals surface area contributed by atoms with Gasteiger partial charge in [0.1, 0.15) is 11.5 Å². The van der Waals surface area contributed by atoms with Gasteiger partial charge in [-0.25, -0.2) is 9.78 Å². The first-order valence-corrected chi connectivity index (χ1v) is 9.81. The molecule has 0 aliphatic heterocycles. The van der Waals surface area contributed by atoms with Gasteiger partial charge in [0.2, 0.25) is 5.88 Å². The summed E-state index contributed by atoms with van der Waals surface area (Å²) in [6.45, 7) is 2.79. The molecule has 0 saturated heterocycles. The minimum Gasteiger partial charge on any atom is -0.493 e.